The largest absolute Gasteiger partial charge is 0.478 e. The second kappa shape index (κ2) is 7.57. The standard InChI is InChI=1S/C18H20N2O3S/c21-16(8-5-13-3-6-14(7-4-13)18(22)23)20-10-1-2-15(12-20)17-19-9-11-24-17/h3-4,6-7,9,11,15H,1-2,5,8,10,12H2,(H,22,23)/t15-/m1/s1. The lowest BCUT2D eigenvalue weighted by Crippen LogP contribution is -2.39. The molecule has 0 aliphatic carbocycles. The number of aryl methyl sites for hydroxylation is 1. The first-order chi connectivity index (χ1) is 11.6. The Kier molecular flexibility index (Phi) is 5.25. The zero-order chi connectivity index (χ0) is 16.9. The number of rotatable bonds is 5. The van der Waals surface area contributed by atoms with Crippen molar-refractivity contribution in [3.8, 4) is 0 Å². The highest BCUT2D eigenvalue weighted by molar-refractivity contribution is 7.09. The number of hydrogen-bond acceptors (Lipinski definition) is 4. The summed E-state index contributed by atoms with van der Waals surface area (Å²) in [5.41, 5.74) is 1.26. The molecule has 3 rings (SSSR count). The Hall–Kier alpha value is -2.21. The molecule has 5 nitrogen and oxygen atoms in total. The minimum absolute atomic E-state index is 0.165. The molecule has 6 heteroatoms. The Morgan fingerprint density at radius 3 is 2.75 bits per heavy atom. The van der Waals surface area contributed by atoms with E-state index < -0.39 is 5.97 Å². The van der Waals surface area contributed by atoms with Crippen LogP contribution in [0.15, 0.2) is 35.8 Å². The van der Waals surface area contributed by atoms with Gasteiger partial charge in [0, 0.05) is 37.0 Å². The average molecular weight is 344 g/mol. The third kappa shape index (κ3) is 4.00. The maximum atomic E-state index is 12.5. The molecule has 1 aliphatic rings. The molecule has 1 aromatic heterocycles. The number of carbonyl (C=O) groups is 2. The summed E-state index contributed by atoms with van der Waals surface area (Å²) < 4.78 is 0. The van der Waals surface area contributed by atoms with Crippen LogP contribution in [0.3, 0.4) is 0 Å². The molecule has 1 fully saturated rings. The summed E-state index contributed by atoms with van der Waals surface area (Å²) in [5.74, 6) is -0.407. The lowest BCUT2D eigenvalue weighted by atomic mass is 9.98. The number of carbonyl (C=O) groups excluding carboxylic acids is 1. The fourth-order valence-corrected chi connectivity index (χ4v) is 3.83. The van der Waals surface area contributed by atoms with Crippen LogP contribution in [0.5, 0.6) is 0 Å². The molecule has 0 unspecified atom stereocenters. The van der Waals surface area contributed by atoms with Gasteiger partial charge in [-0.1, -0.05) is 12.1 Å². The number of aromatic carboxylic acids is 1. The minimum Gasteiger partial charge on any atom is -0.478 e. The average Bonchev–Trinajstić information content (AvgIpc) is 3.15. The van der Waals surface area contributed by atoms with Crippen molar-refractivity contribution in [2.45, 2.75) is 31.6 Å². The van der Waals surface area contributed by atoms with Gasteiger partial charge in [0.15, 0.2) is 0 Å². The van der Waals surface area contributed by atoms with Crippen LogP contribution >= 0.6 is 11.3 Å². The highest BCUT2D eigenvalue weighted by Crippen LogP contribution is 2.28. The number of carboxylic acids is 1. The van der Waals surface area contributed by atoms with Gasteiger partial charge in [-0.2, -0.15) is 0 Å². The highest BCUT2D eigenvalue weighted by Gasteiger charge is 2.25. The van der Waals surface area contributed by atoms with Gasteiger partial charge in [0.2, 0.25) is 5.91 Å². The van der Waals surface area contributed by atoms with E-state index in [1.54, 1.807) is 35.6 Å². The smallest absolute Gasteiger partial charge is 0.335 e. The molecule has 0 radical (unpaired) electrons. The SMILES string of the molecule is O=C(O)c1ccc(CCC(=O)N2CCC[C@@H](c3nccs3)C2)cc1. The van der Waals surface area contributed by atoms with E-state index in [0.717, 1.165) is 36.5 Å². The summed E-state index contributed by atoms with van der Waals surface area (Å²) >= 11 is 1.66. The van der Waals surface area contributed by atoms with Crippen molar-refractivity contribution < 1.29 is 14.7 Å². The van der Waals surface area contributed by atoms with Crippen LogP contribution in [0.1, 0.15) is 46.1 Å². The van der Waals surface area contributed by atoms with Crippen molar-refractivity contribution in [2.24, 2.45) is 0 Å². The summed E-state index contributed by atoms with van der Waals surface area (Å²) in [6, 6.07) is 6.74. The second-order valence-corrected chi connectivity index (χ2v) is 6.98. The number of piperidine rings is 1. The zero-order valence-corrected chi connectivity index (χ0v) is 14.2. The van der Waals surface area contributed by atoms with Crippen molar-refractivity contribution in [1.82, 2.24) is 9.88 Å². The van der Waals surface area contributed by atoms with Crippen molar-refractivity contribution >= 4 is 23.2 Å². The predicted octanol–water partition coefficient (Wildman–Crippen LogP) is 3.18. The van der Waals surface area contributed by atoms with Crippen molar-refractivity contribution in [1.29, 1.82) is 0 Å². The molecule has 126 valence electrons. The van der Waals surface area contributed by atoms with Crippen LogP contribution in [0.25, 0.3) is 0 Å². The van der Waals surface area contributed by atoms with Crippen molar-refractivity contribution in [3.63, 3.8) is 0 Å². The van der Waals surface area contributed by atoms with Crippen LogP contribution in [-0.4, -0.2) is 40.0 Å². The molecule has 0 spiro atoms. The molecule has 0 saturated carbocycles. The first kappa shape index (κ1) is 16.6. The molecule has 1 aromatic carbocycles. The third-order valence-corrected chi connectivity index (χ3v) is 5.34. The first-order valence-electron chi connectivity index (χ1n) is 8.13. The molecule has 24 heavy (non-hydrogen) atoms. The molecule has 1 atom stereocenters. The molecule has 2 aromatic rings. The molecule has 2 heterocycles. The van der Waals surface area contributed by atoms with Gasteiger partial charge in [0.05, 0.1) is 10.6 Å². The minimum atomic E-state index is -0.931. The first-order valence-corrected chi connectivity index (χ1v) is 9.01. The van der Waals surface area contributed by atoms with Gasteiger partial charge < -0.3 is 10.0 Å². The van der Waals surface area contributed by atoms with E-state index in [4.69, 9.17) is 5.11 Å². The van der Waals surface area contributed by atoms with Crippen LogP contribution in [-0.2, 0) is 11.2 Å². The number of thiazole rings is 1. The van der Waals surface area contributed by atoms with Gasteiger partial charge in [-0.05, 0) is 37.0 Å². The summed E-state index contributed by atoms with van der Waals surface area (Å²) in [7, 11) is 0. The molecular weight excluding hydrogens is 324 g/mol. The Balaban J connectivity index is 1.53. The second-order valence-electron chi connectivity index (χ2n) is 6.05. The topological polar surface area (TPSA) is 70.5 Å². The number of amides is 1. The molecule has 1 saturated heterocycles. The van der Waals surface area contributed by atoms with Crippen LogP contribution in [0.4, 0.5) is 0 Å². The van der Waals surface area contributed by atoms with Crippen molar-refractivity contribution in [3.05, 3.63) is 52.0 Å². The number of hydrogen-bond donors (Lipinski definition) is 1. The summed E-state index contributed by atoms with van der Waals surface area (Å²) in [5, 5.41) is 12.0. The number of aromatic nitrogens is 1. The van der Waals surface area contributed by atoms with Gasteiger partial charge in [-0.3, -0.25) is 4.79 Å². The van der Waals surface area contributed by atoms with Gasteiger partial charge in [0.25, 0.3) is 0 Å². The van der Waals surface area contributed by atoms with Gasteiger partial charge in [-0.25, -0.2) is 9.78 Å². The number of nitrogens with zero attached hydrogens (tertiary/aromatic N) is 2. The number of benzene rings is 1. The maximum Gasteiger partial charge on any atom is 0.335 e. The fraction of sp³-hybridized carbons (Fsp3) is 0.389. The highest BCUT2D eigenvalue weighted by atomic mass is 32.1. The summed E-state index contributed by atoms with van der Waals surface area (Å²) in [4.78, 5) is 29.7. The van der Waals surface area contributed by atoms with E-state index in [9.17, 15) is 9.59 Å². The Labute approximate surface area is 145 Å². The van der Waals surface area contributed by atoms with E-state index in [2.05, 4.69) is 4.98 Å². The summed E-state index contributed by atoms with van der Waals surface area (Å²) in [6.07, 6.45) is 5.02. The molecule has 0 bridgehead atoms. The zero-order valence-electron chi connectivity index (χ0n) is 13.4. The van der Waals surface area contributed by atoms with Crippen LogP contribution in [0.2, 0.25) is 0 Å². The number of carboxylic acid groups (broad SMARTS) is 1. The lowest BCUT2D eigenvalue weighted by molar-refractivity contribution is -0.132. The molecule has 1 N–H and O–H groups in total. The number of likely N-dealkylation sites (tertiary alicyclic amines) is 1. The van der Waals surface area contributed by atoms with E-state index in [1.165, 1.54) is 0 Å². The molecule has 1 amide bonds. The molecular formula is C18H20N2O3S. The monoisotopic (exact) mass is 344 g/mol. The third-order valence-electron chi connectivity index (χ3n) is 4.40. The van der Waals surface area contributed by atoms with Crippen LogP contribution in [0, 0.1) is 0 Å². The van der Waals surface area contributed by atoms with Crippen molar-refractivity contribution in [2.75, 3.05) is 13.1 Å². The fourth-order valence-electron chi connectivity index (χ4n) is 3.06. The predicted molar refractivity (Wildman–Crippen MR) is 92.4 cm³/mol. The maximum absolute atomic E-state index is 12.5. The van der Waals surface area contributed by atoms with Gasteiger partial charge in [0.1, 0.15) is 0 Å². The van der Waals surface area contributed by atoms with Gasteiger partial charge >= 0.3 is 5.97 Å². The van der Waals surface area contributed by atoms with E-state index in [1.807, 2.05) is 16.5 Å². The van der Waals surface area contributed by atoms with Crippen LogP contribution < -0.4 is 0 Å². The Bertz CT molecular complexity index is 698. The Morgan fingerprint density at radius 1 is 1.29 bits per heavy atom. The lowest BCUT2D eigenvalue weighted by Gasteiger charge is -2.32. The van der Waals surface area contributed by atoms with E-state index in [0.29, 0.717) is 18.8 Å². The normalized spacial score (nSPS) is 17.7. The quantitative estimate of drug-likeness (QED) is 0.904. The van der Waals surface area contributed by atoms with Gasteiger partial charge in [-0.15, -0.1) is 11.3 Å². The van der Waals surface area contributed by atoms with E-state index in [-0.39, 0.29) is 11.5 Å². The molecule has 1 aliphatic heterocycles. The Morgan fingerprint density at radius 2 is 2.08 bits per heavy atom. The summed E-state index contributed by atoms with van der Waals surface area (Å²) in [6.45, 7) is 1.57. The van der Waals surface area contributed by atoms with E-state index >= 15 is 0 Å².